The van der Waals surface area contributed by atoms with Gasteiger partial charge in [-0.25, -0.2) is 8.78 Å². The van der Waals surface area contributed by atoms with Crippen molar-refractivity contribution in [2.45, 2.75) is 58.0 Å². The maximum atomic E-state index is 14.6. The summed E-state index contributed by atoms with van der Waals surface area (Å²) >= 11 is 0. The van der Waals surface area contributed by atoms with Gasteiger partial charge in [0.2, 0.25) is 0 Å². The molecule has 0 nitrogen and oxygen atoms in total. The Kier molecular flexibility index (Phi) is 8.98. The lowest BCUT2D eigenvalue weighted by molar-refractivity contribution is -0.137. The summed E-state index contributed by atoms with van der Waals surface area (Å²) in [4.78, 5) is 0. The Morgan fingerprint density at radius 2 is 0.947 bits per heavy atom. The summed E-state index contributed by atoms with van der Waals surface area (Å²) in [5.41, 5.74) is 4.50. The molecule has 0 fully saturated rings. The van der Waals surface area contributed by atoms with Gasteiger partial charge in [0.05, 0.1) is 5.56 Å². The van der Waals surface area contributed by atoms with Gasteiger partial charge in [0.25, 0.3) is 0 Å². The third kappa shape index (κ3) is 7.31. The number of unbranched alkanes of at least 4 members (excludes halogenated alkanes) is 4. The van der Waals surface area contributed by atoms with E-state index in [0.29, 0.717) is 16.7 Å². The fourth-order valence-electron chi connectivity index (χ4n) is 4.66. The highest BCUT2D eigenvalue weighted by Gasteiger charge is 2.30. The molecule has 0 aliphatic rings. The lowest BCUT2D eigenvalue weighted by Crippen LogP contribution is -2.04. The fourth-order valence-corrected chi connectivity index (χ4v) is 4.66. The molecule has 0 atom stereocenters. The monoisotopic (exact) mass is 522 g/mol. The molecule has 0 N–H and O–H groups in total. The second-order valence-electron chi connectivity index (χ2n) is 9.84. The third-order valence-corrected chi connectivity index (χ3v) is 6.88. The van der Waals surface area contributed by atoms with Gasteiger partial charge in [-0.2, -0.15) is 13.2 Å². The maximum Gasteiger partial charge on any atom is 0.416 e. The average Bonchev–Trinajstić information content (AvgIpc) is 2.88. The van der Waals surface area contributed by atoms with Crippen LogP contribution in [-0.4, -0.2) is 0 Å². The van der Waals surface area contributed by atoms with E-state index in [4.69, 9.17) is 0 Å². The molecule has 0 aromatic heterocycles. The molecule has 0 aliphatic carbocycles. The molecule has 38 heavy (non-hydrogen) atoms. The van der Waals surface area contributed by atoms with Crippen molar-refractivity contribution in [3.8, 4) is 22.3 Å². The van der Waals surface area contributed by atoms with E-state index in [0.717, 1.165) is 79.3 Å². The van der Waals surface area contributed by atoms with Crippen molar-refractivity contribution in [1.29, 1.82) is 0 Å². The fraction of sp³-hybridized carbons (Fsp3) is 0.273. The lowest BCUT2D eigenvalue weighted by atomic mass is 9.98. The van der Waals surface area contributed by atoms with Crippen LogP contribution in [0.2, 0.25) is 0 Å². The molecule has 0 saturated carbocycles. The highest BCUT2D eigenvalue weighted by molar-refractivity contribution is 5.65. The number of halogens is 5. The number of hydrogen-bond donors (Lipinski definition) is 0. The van der Waals surface area contributed by atoms with E-state index < -0.39 is 17.6 Å². The third-order valence-electron chi connectivity index (χ3n) is 6.88. The van der Waals surface area contributed by atoms with E-state index in [1.54, 1.807) is 12.1 Å². The van der Waals surface area contributed by atoms with Crippen LogP contribution in [0.1, 0.15) is 54.4 Å². The first kappa shape index (κ1) is 27.6. The smallest absolute Gasteiger partial charge is 0.206 e. The maximum absolute atomic E-state index is 14.6. The van der Waals surface area contributed by atoms with Crippen LogP contribution in [0.4, 0.5) is 22.0 Å². The van der Waals surface area contributed by atoms with Crippen molar-refractivity contribution in [2.75, 3.05) is 0 Å². The molecule has 0 unspecified atom stereocenters. The van der Waals surface area contributed by atoms with Gasteiger partial charge < -0.3 is 0 Å². The zero-order chi connectivity index (χ0) is 27.1. The molecule has 0 saturated heterocycles. The first-order chi connectivity index (χ1) is 18.2. The summed E-state index contributed by atoms with van der Waals surface area (Å²) in [6.45, 7) is 2.01. The quantitative estimate of drug-likeness (QED) is 0.144. The van der Waals surface area contributed by atoms with Crippen LogP contribution in [0.5, 0.6) is 0 Å². The zero-order valence-electron chi connectivity index (χ0n) is 21.4. The number of benzene rings is 4. The SMILES string of the molecule is Cc1ccc(-c2ccc(CCCCCCCc3ccc(-c4ccc(C(F)(F)F)cc4)c(F)c3)cc2F)cc1. The first-order valence-corrected chi connectivity index (χ1v) is 13.0. The van der Waals surface area contributed by atoms with Crippen LogP contribution >= 0.6 is 0 Å². The Balaban J connectivity index is 1.18. The summed E-state index contributed by atoms with van der Waals surface area (Å²) in [5.74, 6) is -0.620. The first-order valence-electron chi connectivity index (χ1n) is 13.0. The van der Waals surface area contributed by atoms with Crippen LogP contribution in [-0.2, 0) is 19.0 Å². The molecule has 5 heteroatoms. The molecular formula is C33H31F5. The van der Waals surface area contributed by atoms with Crippen LogP contribution in [0.3, 0.4) is 0 Å². The largest absolute Gasteiger partial charge is 0.416 e. The van der Waals surface area contributed by atoms with Crippen LogP contribution < -0.4 is 0 Å². The zero-order valence-corrected chi connectivity index (χ0v) is 21.4. The van der Waals surface area contributed by atoms with Crippen LogP contribution in [0.25, 0.3) is 22.3 Å². The van der Waals surface area contributed by atoms with E-state index in [1.165, 1.54) is 18.2 Å². The van der Waals surface area contributed by atoms with Crippen LogP contribution in [0.15, 0.2) is 84.9 Å². The van der Waals surface area contributed by atoms with Crippen molar-refractivity contribution in [1.82, 2.24) is 0 Å². The molecule has 0 heterocycles. The van der Waals surface area contributed by atoms with E-state index in [1.807, 2.05) is 49.4 Å². The van der Waals surface area contributed by atoms with Crippen molar-refractivity contribution in [2.24, 2.45) is 0 Å². The highest BCUT2D eigenvalue weighted by Crippen LogP contribution is 2.32. The van der Waals surface area contributed by atoms with E-state index in [2.05, 4.69) is 0 Å². The molecule has 198 valence electrons. The molecule has 4 aromatic carbocycles. The van der Waals surface area contributed by atoms with Gasteiger partial charge >= 0.3 is 6.18 Å². The topological polar surface area (TPSA) is 0 Å². The highest BCUT2D eigenvalue weighted by atomic mass is 19.4. The molecule has 0 bridgehead atoms. The number of rotatable bonds is 10. The standard InChI is InChI=1S/C33H31F5/c1-23-9-13-26(14-10-23)29-19-11-24(21-31(29)34)7-5-3-2-4-6-8-25-12-20-30(32(35)22-25)27-15-17-28(18-16-27)33(36,37)38/h9-22H,2-8H2,1H3. The van der Waals surface area contributed by atoms with Gasteiger partial charge in [0, 0.05) is 11.1 Å². The minimum Gasteiger partial charge on any atom is -0.206 e. The molecule has 0 aliphatic heterocycles. The van der Waals surface area contributed by atoms with Crippen molar-refractivity contribution < 1.29 is 22.0 Å². The Morgan fingerprint density at radius 3 is 1.37 bits per heavy atom. The molecule has 0 spiro atoms. The van der Waals surface area contributed by atoms with Crippen molar-refractivity contribution in [3.63, 3.8) is 0 Å². The summed E-state index contributed by atoms with van der Waals surface area (Å²) in [6, 6.07) is 22.8. The predicted molar refractivity (Wildman–Crippen MR) is 144 cm³/mol. The predicted octanol–water partition coefficient (Wildman–Crippen LogP) is 10.4. The molecule has 4 rings (SSSR count). The van der Waals surface area contributed by atoms with Gasteiger partial charge in [0.1, 0.15) is 11.6 Å². The average molecular weight is 523 g/mol. The second kappa shape index (κ2) is 12.4. The summed E-state index contributed by atoms with van der Waals surface area (Å²) in [6.07, 6.45) is 2.20. The van der Waals surface area contributed by atoms with Gasteiger partial charge in [-0.3, -0.25) is 0 Å². The Labute approximate surface area is 221 Å². The van der Waals surface area contributed by atoms with E-state index >= 15 is 0 Å². The Bertz CT molecular complexity index is 1340. The minimum atomic E-state index is -4.41. The van der Waals surface area contributed by atoms with E-state index in [9.17, 15) is 22.0 Å². The number of aryl methyl sites for hydroxylation is 3. The van der Waals surface area contributed by atoms with E-state index in [-0.39, 0.29) is 5.82 Å². The van der Waals surface area contributed by atoms with Crippen molar-refractivity contribution >= 4 is 0 Å². The van der Waals surface area contributed by atoms with Crippen molar-refractivity contribution in [3.05, 3.63) is 119 Å². The summed E-state index contributed by atoms with van der Waals surface area (Å²) in [5, 5.41) is 0. The normalized spacial score (nSPS) is 11.6. The molecule has 4 aromatic rings. The molecule has 0 radical (unpaired) electrons. The van der Waals surface area contributed by atoms with Gasteiger partial charge in [0.15, 0.2) is 0 Å². The second-order valence-corrected chi connectivity index (χ2v) is 9.84. The summed E-state index contributed by atoms with van der Waals surface area (Å²) < 4.78 is 67.5. The van der Waals surface area contributed by atoms with Gasteiger partial charge in [-0.05, 0) is 79.1 Å². The van der Waals surface area contributed by atoms with Crippen LogP contribution in [0, 0.1) is 18.6 Å². The summed E-state index contributed by atoms with van der Waals surface area (Å²) in [7, 11) is 0. The minimum absolute atomic E-state index is 0.192. The molecule has 0 amide bonds. The van der Waals surface area contributed by atoms with Gasteiger partial charge in [-0.15, -0.1) is 0 Å². The molecular weight excluding hydrogens is 491 g/mol. The van der Waals surface area contributed by atoms with Gasteiger partial charge in [-0.1, -0.05) is 85.5 Å². The Morgan fingerprint density at radius 1 is 0.526 bits per heavy atom. The number of hydrogen-bond acceptors (Lipinski definition) is 0. The lowest BCUT2D eigenvalue weighted by Gasteiger charge is -2.10. The number of alkyl halides is 3. The Hall–Kier alpha value is -3.47.